The zero-order valence-corrected chi connectivity index (χ0v) is 13.5. The van der Waals surface area contributed by atoms with E-state index in [2.05, 4.69) is 24.1 Å². The molecule has 1 aromatic rings. The van der Waals surface area contributed by atoms with Crippen molar-refractivity contribution in [1.29, 1.82) is 0 Å². The second kappa shape index (κ2) is 6.67. The number of hydrogen-bond acceptors (Lipinski definition) is 3. The van der Waals surface area contributed by atoms with Crippen molar-refractivity contribution in [3.63, 3.8) is 0 Å². The number of hydrogen-bond donors (Lipinski definition) is 2. The molecule has 0 aliphatic carbocycles. The number of carbonyl (C=O) groups excluding carboxylic acids is 1. The number of halogens is 1. The Kier molecular flexibility index (Phi) is 5.12. The lowest BCUT2D eigenvalue weighted by Crippen LogP contribution is -2.38. The first-order valence-corrected chi connectivity index (χ1v) is 7.81. The molecule has 0 atom stereocenters. The molecule has 1 fully saturated rings. The maximum Gasteiger partial charge on any atom is 0.225 e. The molecule has 2 rings (SSSR count). The first-order chi connectivity index (χ1) is 9.85. The van der Waals surface area contributed by atoms with Gasteiger partial charge in [0.1, 0.15) is 0 Å². The van der Waals surface area contributed by atoms with Crippen LogP contribution in [0.5, 0.6) is 0 Å². The molecule has 1 heterocycles. The summed E-state index contributed by atoms with van der Waals surface area (Å²) >= 11 is 5.84. The molecular formula is C16H24ClN3O. The van der Waals surface area contributed by atoms with E-state index < -0.39 is 0 Å². The summed E-state index contributed by atoms with van der Waals surface area (Å²) in [7, 11) is 0. The molecule has 0 radical (unpaired) electrons. The predicted octanol–water partition coefficient (Wildman–Crippen LogP) is 3.37. The monoisotopic (exact) mass is 309 g/mol. The fraction of sp³-hybridized carbons (Fsp3) is 0.562. The number of amides is 1. The molecule has 1 aromatic carbocycles. The van der Waals surface area contributed by atoms with Gasteiger partial charge in [-0.25, -0.2) is 0 Å². The SMILES string of the molecule is CC1(C)CCN(CCC(=O)Nc2ccc(Cl)cc2N)CC1. The summed E-state index contributed by atoms with van der Waals surface area (Å²) in [6, 6.07) is 5.10. The average molecular weight is 310 g/mol. The summed E-state index contributed by atoms with van der Waals surface area (Å²) in [6.07, 6.45) is 2.87. The van der Waals surface area contributed by atoms with Crippen molar-refractivity contribution in [3.8, 4) is 0 Å². The first-order valence-electron chi connectivity index (χ1n) is 7.43. The van der Waals surface area contributed by atoms with Crippen LogP contribution in [0.2, 0.25) is 5.02 Å². The third-order valence-corrected chi connectivity index (χ3v) is 4.39. The van der Waals surface area contributed by atoms with Gasteiger partial charge in [0.15, 0.2) is 0 Å². The van der Waals surface area contributed by atoms with Crippen LogP contribution in [0.15, 0.2) is 18.2 Å². The summed E-state index contributed by atoms with van der Waals surface area (Å²) in [5.74, 6) is -0.00569. The molecule has 4 nitrogen and oxygen atoms in total. The lowest BCUT2D eigenvalue weighted by Gasteiger charge is -2.36. The molecular weight excluding hydrogens is 286 g/mol. The van der Waals surface area contributed by atoms with Crippen molar-refractivity contribution in [2.75, 3.05) is 30.7 Å². The predicted molar refractivity (Wildman–Crippen MR) is 88.6 cm³/mol. The zero-order chi connectivity index (χ0) is 15.5. The maximum absolute atomic E-state index is 12.0. The standard InChI is InChI=1S/C16H24ClN3O/c1-16(2)6-9-20(10-7-16)8-5-15(21)19-14-4-3-12(17)11-13(14)18/h3-4,11H,5-10,18H2,1-2H3,(H,19,21). The Morgan fingerprint density at radius 2 is 2.05 bits per heavy atom. The number of carbonyl (C=O) groups is 1. The zero-order valence-electron chi connectivity index (χ0n) is 12.8. The van der Waals surface area contributed by atoms with E-state index in [0.29, 0.717) is 28.2 Å². The number of nitrogens with one attached hydrogen (secondary N) is 1. The minimum absolute atomic E-state index is 0.00569. The van der Waals surface area contributed by atoms with E-state index >= 15 is 0 Å². The van der Waals surface area contributed by atoms with E-state index in [9.17, 15) is 4.79 Å². The highest BCUT2D eigenvalue weighted by atomic mass is 35.5. The van der Waals surface area contributed by atoms with Gasteiger partial charge in [-0.3, -0.25) is 4.79 Å². The van der Waals surface area contributed by atoms with E-state index in [4.69, 9.17) is 17.3 Å². The summed E-state index contributed by atoms with van der Waals surface area (Å²) in [5.41, 5.74) is 7.39. The first kappa shape index (κ1) is 16.1. The Bertz CT molecular complexity index is 506. The summed E-state index contributed by atoms with van der Waals surface area (Å²) in [6.45, 7) is 7.56. The van der Waals surface area contributed by atoms with Crippen LogP contribution in [0, 0.1) is 5.41 Å². The van der Waals surface area contributed by atoms with Gasteiger partial charge in [0.05, 0.1) is 11.4 Å². The lowest BCUT2D eigenvalue weighted by molar-refractivity contribution is -0.116. The molecule has 1 aliphatic heterocycles. The van der Waals surface area contributed by atoms with Gasteiger partial charge < -0.3 is 16.0 Å². The Morgan fingerprint density at radius 1 is 1.38 bits per heavy atom. The van der Waals surface area contributed by atoms with Gasteiger partial charge in [-0.05, 0) is 49.5 Å². The number of nitrogens with zero attached hydrogens (tertiary/aromatic N) is 1. The van der Waals surface area contributed by atoms with Crippen LogP contribution >= 0.6 is 11.6 Å². The van der Waals surface area contributed by atoms with E-state index in [1.807, 2.05) is 0 Å². The summed E-state index contributed by atoms with van der Waals surface area (Å²) in [4.78, 5) is 14.4. The highest BCUT2D eigenvalue weighted by Crippen LogP contribution is 2.29. The third kappa shape index (κ3) is 4.90. The maximum atomic E-state index is 12.0. The van der Waals surface area contributed by atoms with Gasteiger partial charge >= 0.3 is 0 Å². The molecule has 21 heavy (non-hydrogen) atoms. The largest absolute Gasteiger partial charge is 0.397 e. The van der Waals surface area contributed by atoms with Crippen LogP contribution < -0.4 is 11.1 Å². The minimum atomic E-state index is -0.00569. The van der Waals surface area contributed by atoms with Crippen LogP contribution in [-0.2, 0) is 4.79 Å². The van der Waals surface area contributed by atoms with Gasteiger partial charge in [-0.2, -0.15) is 0 Å². The van der Waals surface area contributed by atoms with Crippen LogP contribution in [-0.4, -0.2) is 30.4 Å². The summed E-state index contributed by atoms with van der Waals surface area (Å²) < 4.78 is 0. The van der Waals surface area contributed by atoms with Crippen LogP contribution in [0.25, 0.3) is 0 Å². The molecule has 0 unspecified atom stereocenters. The van der Waals surface area contributed by atoms with Crippen molar-refractivity contribution in [2.24, 2.45) is 5.41 Å². The average Bonchev–Trinajstić information content (AvgIpc) is 2.41. The number of rotatable bonds is 4. The minimum Gasteiger partial charge on any atom is -0.397 e. The molecule has 116 valence electrons. The number of nitrogen functional groups attached to an aromatic ring is 1. The normalized spacial score (nSPS) is 18.4. The number of benzene rings is 1. The van der Waals surface area contributed by atoms with Crippen molar-refractivity contribution >= 4 is 28.9 Å². The van der Waals surface area contributed by atoms with Crippen molar-refractivity contribution in [2.45, 2.75) is 33.1 Å². The molecule has 0 aromatic heterocycles. The lowest BCUT2D eigenvalue weighted by atomic mass is 9.83. The molecule has 1 amide bonds. The van der Waals surface area contributed by atoms with E-state index in [1.54, 1.807) is 18.2 Å². The smallest absolute Gasteiger partial charge is 0.225 e. The van der Waals surface area contributed by atoms with E-state index in [1.165, 1.54) is 12.8 Å². The second-order valence-corrected chi connectivity index (χ2v) is 6.97. The second-order valence-electron chi connectivity index (χ2n) is 6.54. The molecule has 1 saturated heterocycles. The Morgan fingerprint density at radius 3 is 2.67 bits per heavy atom. The molecule has 5 heteroatoms. The molecule has 0 spiro atoms. The van der Waals surface area contributed by atoms with Crippen molar-refractivity contribution < 1.29 is 4.79 Å². The van der Waals surface area contributed by atoms with E-state index in [0.717, 1.165) is 19.6 Å². The van der Waals surface area contributed by atoms with Crippen molar-refractivity contribution in [3.05, 3.63) is 23.2 Å². The molecule has 0 saturated carbocycles. The topological polar surface area (TPSA) is 58.4 Å². The number of piperidine rings is 1. The van der Waals surface area contributed by atoms with Gasteiger partial charge in [0.2, 0.25) is 5.91 Å². The van der Waals surface area contributed by atoms with Gasteiger partial charge in [0, 0.05) is 18.0 Å². The van der Waals surface area contributed by atoms with Gasteiger partial charge in [0.25, 0.3) is 0 Å². The van der Waals surface area contributed by atoms with E-state index in [-0.39, 0.29) is 5.91 Å². The van der Waals surface area contributed by atoms with Crippen LogP contribution in [0.1, 0.15) is 33.1 Å². The summed E-state index contributed by atoms with van der Waals surface area (Å²) in [5, 5.41) is 3.41. The number of likely N-dealkylation sites (tertiary alicyclic amines) is 1. The molecule has 0 bridgehead atoms. The van der Waals surface area contributed by atoms with Crippen LogP contribution in [0.4, 0.5) is 11.4 Å². The molecule has 3 N–H and O–H groups in total. The Hall–Kier alpha value is -1.26. The van der Waals surface area contributed by atoms with Crippen molar-refractivity contribution in [1.82, 2.24) is 4.90 Å². The Balaban J connectivity index is 1.78. The van der Waals surface area contributed by atoms with Crippen LogP contribution in [0.3, 0.4) is 0 Å². The fourth-order valence-corrected chi connectivity index (χ4v) is 2.68. The highest BCUT2D eigenvalue weighted by Gasteiger charge is 2.25. The Labute approximate surface area is 131 Å². The quantitative estimate of drug-likeness (QED) is 0.838. The van der Waals surface area contributed by atoms with Gasteiger partial charge in [-0.15, -0.1) is 0 Å². The molecule has 1 aliphatic rings. The number of nitrogens with two attached hydrogens (primary N) is 1. The highest BCUT2D eigenvalue weighted by molar-refractivity contribution is 6.31. The number of anilines is 2. The fourth-order valence-electron chi connectivity index (χ4n) is 2.50. The van der Waals surface area contributed by atoms with Gasteiger partial charge in [-0.1, -0.05) is 25.4 Å². The third-order valence-electron chi connectivity index (χ3n) is 4.15.